The molecule has 2 aromatic heterocycles. The molecule has 2 heterocycles. The summed E-state index contributed by atoms with van der Waals surface area (Å²) in [5.41, 5.74) is 8.40. The smallest absolute Gasteiger partial charge is 0.270 e. The number of amides is 2. The molecule has 7 heteroatoms. The minimum absolute atomic E-state index is 0.0211. The molecule has 1 saturated carbocycles. The fraction of sp³-hybridized carbons (Fsp3) is 0.263. The normalized spacial score (nSPS) is 13.6. The molecule has 1 aliphatic rings. The van der Waals surface area contributed by atoms with E-state index in [1.807, 2.05) is 37.3 Å². The molecule has 1 aliphatic carbocycles. The summed E-state index contributed by atoms with van der Waals surface area (Å²) >= 11 is 0. The molecular formula is C19H19N5O2. The van der Waals surface area contributed by atoms with Crippen LogP contribution in [0.3, 0.4) is 0 Å². The monoisotopic (exact) mass is 349 g/mol. The van der Waals surface area contributed by atoms with Crippen LogP contribution in [-0.2, 0) is 11.8 Å². The molecule has 0 spiro atoms. The van der Waals surface area contributed by atoms with E-state index in [1.165, 1.54) is 0 Å². The Hall–Kier alpha value is -3.22. The number of carbonyl (C=O) groups is 2. The molecule has 0 aliphatic heterocycles. The molecule has 0 bridgehead atoms. The van der Waals surface area contributed by atoms with Crippen LogP contribution in [-0.4, -0.2) is 26.6 Å². The van der Waals surface area contributed by atoms with Crippen LogP contribution in [0.5, 0.6) is 0 Å². The summed E-state index contributed by atoms with van der Waals surface area (Å²) in [6.07, 6.45) is 1.75. The fourth-order valence-electron chi connectivity index (χ4n) is 3.01. The van der Waals surface area contributed by atoms with Crippen LogP contribution in [0.25, 0.3) is 22.3 Å². The topological polar surface area (TPSA) is 88.9 Å². The lowest BCUT2D eigenvalue weighted by atomic mass is 10.1. The molecule has 0 unspecified atom stereocenters. The third kappa shape index (κ3) is 2.92. The predicted octanol–water partition coefficient (Wildman–Crippen LogP) is 2.11. The van der Waals surface area contributed by atoms with E-state index in [0.717, 1.165) is 18.4 Å². The first-order valence-corrected chi connectivity index (χ1v) is 8.54. The number of pyridine rings is 1. The first kappa shape index (κ1) is 16.3. The lowest BCUT2D eigenvalue weighted by Crippen LogP contribution is -2.42. The van der Waals surface area contributed by atoms with Gasteiger partial charge in [-0.2, -0.15) is 5.10 Å². The number of nitrogens with zero attached hydrogens (tertiary/aromatic N) is 3. The molecule has 4 rings (SSSR count). The zero-order chi connectivity index (χ0) is 18.3. The molecule has 0 saturated heterocycles. The Morgan fingerprint density at radius 2 is 1.88 bits per heavy atom. The number of rotatable bonds is 3. The number of fused-ring (bicyclic) bond motifs is 1. The van der Waals surface area contributed by atoms with Gasteiger partial charge in [0, 0.05) is 18.5 Å². The fourth-order valence-corrected chi connectivity index (χ4v) is 3.01. The van der Waals surface area contributed by atoms with Gasteiger partial charge in [-0.1, -0.05) is 30.3 Å². The lowest BCUT2D eigenvalue weighted by molar-refractivity contribution is -0.123. The molecular weight excluding hydrogens is 330 g/mol. The third-order valence-corrected chi connectivity index (χ3v) is 4.53. The van der Waals surface area contributed by atoms with Gasteiger partial charge in [-0.15, -0.1) is 0 Å². The Morgan fingerprint density at radius 3 is 2.58 bits per heavy atom. The van der Waals surface area contributed by atoms with Gasteiger partial charge in [0.05, 0.1) is 22.3 Å². The van der Waals surface area contributed by atoms with Crippen molar-refractivity contribution >= 4 is 22.8 Å². The summed E-state index contributed by atoms with van der Waals surface area (Å²) in [6, 6.07) is 11.4. The van der Waals surface area contributed by atoms with Crippen molar-refractivity contribution in [2.75, 3.05) is 0 Å². The first-order valence-electron chi connectivity index (χ1n) is 8.54. The zero-order valence-corrected chi connectivity index (χ0v) is 14.6. The molecule has 132 valence electrons. The Morgan fingerprint density at radius 1 is 1.15 bits per heavy atom. The van der Waals surface area contributed by atoms with E-state index in [2.05, 4.69) is 20.9 Å². The second-order valence-electron chi connectivity index (χ2n) is 6.55. The van der Waals surface area contributed by atoms with Gasteiger partial charge in [-0.05, 0) is 25.8 Å². The average molecular weight is 349 g/mol. The summed E-state index contributed by atoms with van der Waals surface area (Å²) in [4.78, 5) is 29.2. The number of hydrogen-bond acceptors (Lipinski definition) is 4. The SMILES string of the molecule is Cc1nn(C)c2nc(-c3ccccc3)cc(C(=O)NNC(=O)C3CC3)c12. The van der Waals surface area contributed by atoms with Crippen LogP contribution in [0, 0.1) is 12.8 Å². The van der Waals surface area contributed by atoms with Gasteiger partial charge < -0.3 is 0 Å². The highest BCUT2D eigenvalue weighted by atomic mass is 16.2. The van der Waals surface area contributed by atoms with E-state index in [4.69, 9.17) is 0 Å². The number of benzene rings is 1. The molecule has 7 nitrogen and oxygen atoms in total. The Labute approximate surface area is 150 Å². The van der Waals surface area contributed by atoms with Gasteiger partial charge in [0.1, 0.15) is 0 Å². The highest BCUT2D eigenvalue weighted by molar-refractivity contribution is 6.08. The Balaban J connectivity index is 1.76. The van der Waals surface area contributed by atoms with Crippen molar-refractivity contribution in [1.82, 2.24) is 25.6 Å². The van der Waals surface area contributed by atoms with Crippen LogP contribution in [0.15, 0.2) is 36.4 Å². The van der Waals surface area contributed by atoms with Crippen molar-refractivity contribution in [3.63, 3.8) is 0 Å². The van der Waals surface area contributed by atoms with Gasteiger partial charge >= 0.3 is 0 Å². The summed E-state index contributed by atoms with van der Waals surface area (Å²) in [7, 11) is 1.80. The van der Waals surface area contributed by atoms with Gasteiger partial charge in [0.25, 0.3) is 5.91 Å². The molecule has 2 N–H and O–H groups in total. The van der Waals surface area contributed by atoms with Crippen molar-refractivity contribution in [2.45, 2.75) is 19.8 Å². The lowest BCUT2D eigenvalue weighted by Gasteiger charge is -2.10. The maximum absolute atomic E-state index is 12.8. The molecule has 3 aromatic rings. The van der Waals surface area contributed by atoms with Crippen molar-refractivity contribution in [3.05, 3.63) is 47.7 Å². The highest BCUT2D eigenvalue weighted by Gasteiger charge is 2.30. The first-order chi connectivity index (χ1) is 12.5. The minimum atomic E-state index is -0.375. The van der Waals surface area contributed by atoms with E-state index in [-0.39, 0.29) is 17.7 Å². The quantitative estimate of drug-likeness (QED) is 0.709. The van der Waals surface area contributed by atoms with Crippen LogP contribution >= 0.6 is 0 Å². The molecule has 1 fully saturated rings. The Bertz CT molecular complexity index is 1010. The molecule has 26 heavy (non-hydrogen) atoms. The van der Waals surface area contributed by atoms with Crippen molar-refractivity contribution in [1.29, 1.82) is 0 Å². The van der Waals surface area contributed by atoms with Crippen molar-refractivity contribution in [3.8, 4) is 11.3 Å². The van der Waals surface area contributed by atoms with E-state index < -0.39 is 0 Å². The van der Waals surface area contributed by atoms with E-state index in [0.29, 0.717) is 28.0 Å². The molecule has 1 aromatic carbocycles. The van der Waals surface area contributed by atoms with Crippen LogP contribution in [0.2, 0.25) is 0 Å². The number of aromatic nitrogens is 3. The number of hydrogen-bond donors (Lipinski definition) is 2. The average Bonchev–Trinajstić information content (AvgIpc) is 3.46. The second-order valence-corrected chi connectivity index (χ2v) is 6.55. The highest BCUT2D eigenvalue weighted by Crippen LogP contribution is 2.29. The predicted molar refractivity (Wildman–Crippen MR) is 97.0 cm³/mol. The largest absolute Gasteiger partial charge is 0.273 e. The Kier molecular flexibility index (Phi) is 3.91. The van der Waals surface area contributed by atoms with E-state index >= 15 is 0 Å². The zero-order valence-electron chi connectivity index (χ0n) is 14.6. The van der Waals surface area contributed by atoms with Crippen molar-refractivity contribution in [2.24, 2.45) is 13.0 Å². The number of carbonyl (C=O) groups excluding carboxylic acids is 2. The molecule has 0 radical (unpaired) electrons. The van der Waals surface area contributed by atoms with Gasteiger partial charge in [-0.25, -0.2) is 4.98 Å². The van der Waals surface area contributed by atoms with E-state index in [9.17, 15) is 9.59 Å². The summed E-state index contributed by atoms with van der Waals surface area (Å²) < 4.78 is 1.66. The number of hydrazine groups is 1. The third-order valence-electron chi connectivity index (χ3n) is 4.53. The van der Waals surface area contributed by atoms with Gasteiger partial charge in [-0.3, -0.25) is 25.1 Å². The standard InChI is InChI=1S/C19H19N5O2/c1-11-16-14(19(26)22-21-18(25)13-8-9-13)10-15(12-6-4-3-5-7-12)20-17(16)24(2)23-11/h3-7,10,13H,8-9H2,1-2H3,(H,21,25)(H,22,26). The van der Waals surface area contributed by atoms with Crippen molar-refractivity contribution < 1.29 is 9.59 Å². The summed E-state index contributed by atoms with van der Waals surface area (Å²) in [5.74, 6) is -0.498. The maximum atomic E-state index is 12.8. The second kappa shape index (κ2) is 6.25. The molecule has 0 atom stereocenters. The van der Waals surface area contributed by atoms with E-state index in [1.54, 1.807) is 17.8 Å². The molecule has 2 amide bonds. The summed E-state index contributed by atoms with van der Waals surface area (Å²) in [5, 5.41) is 5.07. The number of nitrogens with one attached hydrogen (secondary N) is 2. The minimum Gasteiger partial charge on any atom is -0.273 e. The van der Waals surface area contributed by atoms with Crippen LogP contribution in [0.1, 0.15) is 28.9 Å². The van der Waals surface area contributed by atoms with Crippen LogP contribution < -0.4 is 10.9 Å². The van der Waals surface area contributed by atoms with Gasteiger partial charge in [0.15, 0.2) is 5.65 Å². The maximum Gasteiger partial charge on any atom is 0.270 e. The summed E-state index contributed by atoms with van der Waals surface area (Å²) in [6.45, 7) is 1.84. The van der Waals surface area contributed by atoms with Crippen LogP contribution in [0.4, 0.5) is 0 Å². The van der Waals surface area contributed by atoms with Gasteiger partial charge in [0.2, 0.25) is 5.91 Å². The number of aryl methyl sites for hydroxylation is 2.